The molecule has 6 nitrogen and oxygen atoms in total. The zero-order valence-corrected chi connectivity index (χ0v) is 14.1. The SMILES string of the molecule is COc1ccc(NC(=O)NCC(=O)Nc2ccc(Cl)cc2)cc1C. The second kappa shape index (κ2) is 8.21. The first-order valence-corrected chi connectivity index (χ1v) is 7.60. The van der Waals surface area contributed by atoms with Crippen LogP contribution in [-0.2, 0) is 4.79 Å². The molecule has 7 heteroatoms. The smallest absolute Gasteiger partial charge is 0.319 e. The van der Waals surface area contributed by atoms with Gasteiger partial charge in [0.15, 0.2) is 0 Å². The van der Waals surface area contributed by atoms with Crippen LogP contribution < -0.4 is 20.7 Å². The first-order valence-electron chi connectivity index (χ1n) is 7.23. The number of benzene rings is 2. The minimum atomic E-state index is -0.467. The highest BCUT2D eigenvalue weighted by atomic mass is 35.5. The fourth-order valence-electron chi connectivity index (χ4n) is 2.03. The van der Waals surface area contributed by atoms with Gasteiger partial charge in [0.25, 0.3) is 0 Å². The molecule has 0 radical (unpaired) electrons. The second-order valence-electron chi connectivity index (χ2n) is 5.05. The van der Waals surface area contributed by atoms with Crippen LogP contribution in [0, 0.1) is 6.92 Å². The predicted octanol–water partition coefficient (Wildman–Crippen LogP) is 3.42. The number of aryl methyl sites for hydroxylation is 1. The minimum Gasteiger partial charge on any atom is -0.496 e. The van der Waals surface area contributed by atoms with E-state index in [2.05, 4.69) is 16.0 Å². The summed E-state index contributed by atoms with van der Waals surface area (Å²) < 4.78 is 5.16. The summed E-state index contributed by atoms with van der Waals surface area (Å²) in [6.07, 6.45) is 0. The van der Waals surface area contributed by atoms with Crippen molar-refractivity contribution in [3.8, 4) is 5.75 Å². The molecule has 0 unspecified atom stereocenters. The molecule has 0 heterocycles. The molecule has 0 atom stereocenters. The molecule has 24 heavy (non-hydrogen) atoms. The van der Waals surface area contributed by atoms with Gasteiger partial charge in [0.2, 0.25) is 5.91 Å². The van der Waals surface area contributed by atoms with Crippen LogP contribution in [0.3, 0.4) is 0 Å². The number of amides is 3. The maximum atomic E-state index is 11.8. The highest BCUT2D eigenvalue weighted by Crippen LogP contribution is 2.21. The van der Waals surface area contributed by atoms with Crippen molar-refractivity contribution in [2.24, 2.45) is 0 Å². The van der Waals surface area contributed by atoms with Crippen molar-refractivity contribution in [1.29, 1.82) is 0 Å². The van der Waals surface area contributed by atoms with Crippen LogP contribution in [0.2, 0.25) is 5.02 Å². The molecule has 0 saturated carbocycles. The molecule has 0 fully saturated rings. The van der Waals surface area contributed by atoms with Gasteiger partial charge < -0.3 is 20.7 Å². The van der Waals surface area contributed by atoms with Crippen LogP contribution in [-0.4, -0.2) is 25.6 Å². The lowest BCUT2D eigenvalue weighted by Crippen LogP contribution is -2.35. The van der Waals surface area contributed by atoms with Crippen molar-refractivity contribution in [3.63, 3.8) is 0 Å². The Labute approximate surface area is 145 Å². The monoisotopic (exact) mass is 347 g/mol. The van der Waals surface area contributed by atoms with Gasteiger partial charge in [0.05, 0.1) is 13.7 Å². The van der Waals surface area contributed by atoms with Crippen molar-refractivity contribution in [2.75, 3.05) is 24.3 Å². The predicted molar refractivity (Wildman–Crippen MR) is 94.8 cm³/mol. The summed E-state index contributed by atoms with van der Waals surface area (Å²) in [5.74, 6) is 0.404. The number of rotatable bonds is 5. The Kier molecular flexibility index (Phi) is 6.03. The molecule has 0 bridgehead atoms. The average Bonchev–Trinajstić information content (AvgIpc) is 2.55. The number of halogens is 1. The first-order chi connectivity index (χ1) is 11.5. The van der Waals surface area contributed by atoms with Gasteiger partial charge in [-0.3, -0.25) is 4.79 Å². The van der Waals surface area contributed by atoms with E-state index >= 15 is 0 Å². The summed E-state index contributed by atoms with van der Waals surface area (Å²) in [7, 11) is 1.58. The Hall–Kier alpha value is -2.73. The molecule has 0 saturated heterocycles. The molecule has 126 valence electrons. The zero-order chi connectivity index (χ0) is 17.5. The van der Waals surface area contributed by atoms with Crippen molar-refractivity contribution in [3.05, 3.63) is 53.1 Å². The van der Waals surface area contributed by atoms with E-state index in [-0.39, 0.29) is 12.5 Å². The van der Waals surface area contributed by atoms with Crippen LogP contribution in [0.25, 0.3) is 0 Å². The van der Waals surface area contributed by atoms with E-state index in [0.717, 1.165) is 11.3 Å². The zero-order valence-electron chi connectivity index (χ0n) is 13.4. The molecule has 0 aliphatic heterocycles. The summed E-state index contributed by atoms with van der Waals surface area (Å²) >= 11 is 5.77. The maximum absolute atomic E-state index is 11.8. The Morgan fingerprint density at radius 3 is 2.33 bits per heavy atom. The molecule has 3 amide bonds. The van der Waals surface area contributed by atoms with Crippen molar-refractivity contribution in [1.82, 2.24) is 5.32 Å². The van der Waals surface area contributed by atoms with Gasteiger partial charge in [-0.2, -0.15) is 0 Å². The number of nitrogens with one attached hydrogen (secondary N) is 3. The van der Waals surface area contributed by atoms with E-state index in [1.807, 2.05) is 6.92 Å². The summed E-state index contributed by atoms with van der Waals surface area (Å²) in [5.41, 5.74) is 2.12. The molecular formula is C17H18ClN3O3. The average molecular weight is 348 g/mol. The number of carbonyl (C=O) groups is 2. The standard InChI is InChI=1S/C17H18ClN3O3/c1-11-9-14(7-8-15(11)24-2)21-17(23)19-10-16(22)20-13-5-3-12(18)4-6-13/h3-9H,10H2,1-2H3,(H,20,22)(H2,19,21,23). The summed E-state index contributed by atoms with van der Waals surface area (Å²) in [6, 6.07) is 11.5. The van der Waals surface area contributed by atoms with Crippen LogP contribution >= 0.6 is 11.6 Å². The molecule has 2 aromatic rings. The highest BCUT2D eigenvalue weighted by molar-refractivity contribution is 6.30. The Morgan fingerprint density at radius 2 is 1.71 bits per heavy atom. The Morgan fingerprint density at radius 1 is 1.04 bits per heavy atom. The summed E-state index contributed by atoms with van der Waals surface area (Å²) in [6.45, 7) is 1.73. The highest BCUT2D eigenvalue weighted by Gasteiger charge is 2.07. The van der Waals surface area contributed by atoms with E-state index in [1.165, 1.54) is 0 Å². The lowest BCUT2D eigenvalue weighted by atomic mass is 10.2. The first kappa shape index (κ1) is 17.6. The topological polar surface area (TPSA) is 79.5 Å². The quantitative estimate of drug-likeness (QED) is 0.775. The fraction of sp³-hybridized carbons (Fsp3) is 0.176. The number of urea groups is 1. The number of anilines is 2. The normalized spacial score (nSPS) is 9.96. The number of methoxy groups -OCH3 is 1. The van der Waals surface area contributed by atoms with Crippen molar-refractivity contribution < 1.29 is 14.3 Å². The van der Waals surface area contributed by atoms with Gasteiger partial charge in [-0.25, -0.2) is 4.79 Å². The van der Waals surface area contributed by atoms with Gasteiger partial charge in [0.1, 0.15) is 5.75 Å². The largest absolute Gasteiger partial charge is 0.496 e. The third-order valence-electron chi connectivity index (χ3n) is 3.19. The third kappa shape index (κ3) is 5.17. The number of carbonyl (C=O) groups excluding carboxylic acids is 2. The molecule has 3 N–H and O–H groups in total. The lowest BCUT2D eigenvalue weighted by Gasteiger charge is -2.10. The summed E-state index contributed by atoms with van der Waals surface area (Å²) in [5, 5.41) is 8.39. The van der Waals surface area contributed by atoms with Gasteiger partial charge >= 0.3 is 6.03 Å². The number of hydrogen-bond donors (Lipinski definition) is 3. The van der Waals surface area contributed by atoms with E-state index in [0.29, 0.717) is 16.4 Å². The summed E-state index contributed by atoms with van der Waals surface area (Å²) in [4.78, 5) is 23.6. The van der Waals surface area contributed by atoms with Crippen LogP contribution in [0.1, 0.15) is 5.56 Å². The van der Waals surface area contributed by atoms with Gasteiger partial charge in [-0.1, -0.05) is 11.6 Å². The lowest BCUT2D eigenvalue weighted by molar-refractivity contribution is -0.115. The molecule has 0 aromatic heterocycles. The molecule has 0 spiro atoms. The van der Waals surface area contributed by atoms with Crippen LogP contribution in [0.15, 0.2) is 42.5 Å². The fourth-order valence-corrected chi connectivity index (χ4v) is 2.16. The molecule has 2 aromatic carbocycles. The molecule has 2 rings (SSSR count). The number of hydrogen-bond acceptors (Lipinski definition) is 3. The maximum Gasteiger partial charge on any atom is 0.319 e. The number of ether oxygens (including phenoxy) is 1. The van der Waals surface area contributed by atoms with E-state index in [1.54, 1.807) is 49.6 Å². The van der Waals surface area contributed by atoms with Crippen molar-refractivity contribution >= 4 is 34.9 Å². The van der Waals surface area contributed by atoms with E-state index in [9.17, 15) is 9.59 Å². The van der Waals surface area contributed by atoms with E-state index in [4.69, 9.17) is 16.3 Å². The van der Waals surface area contributed by atoms with Gasteiger partial charge in [-0.05, 0) is 55.0 Å². The van der Waals surface area contributed by atoms with E-state index < -0.39 is 6.03 Å². The van der Waals surface area contributed by atoms with Gasteiger partial charge in [0, 0.05) is 16.4 Å². The van der Waals surface area contributed by atoms with Gasteiger partial charge in [-0.15, -0.1) is 0 Å². The van der Waals surface area contributed by atoms with Crippen molar-refractivity contribution in [2.45, 2.75) is 6.92 Å². The Bertz CT molecular complexity index is 732. The van der Waals surface area contributed by atoms with Crippen LogP contribution in [0.5, 0.6) is 5.75 Å². The molecular weight excluding hydrogens is 330 g/mol. The van der Waals surface area contributed by atoms with Crippen LogP contribution in [0.4, 0.5) is 16.2 Å². The molecule has 0 aliphatic rings. The minimum absolute atomic E-state index is 0.149. The second-order valence-corrected chi connectivity index (χ2v) is 5.48. The Balaban J connectivity index is 1.81. The molecule has 0 aliphatic carbocycles. The third-order valence-corrected chi connectivity index (χ3v) is 3.44.